The number of carboxylic acid groups (broad SMARTS) is 1. The Labute approximate surface area is 134 Å². The summed E-state index contributed by atoms with van der Waals surface area (Å²) in [5.41, 5.74) is 0.317. The Balaban J connectivity index is 2.18. The van der Waals surface area contributed by atoms with Crippen LogP contribution in [0, 0.1) is 11.8 Å². The number of benzene rings is 1. The predicted octanol–water partition coefficient (Wildman–Crippen LogP) is 4.20. The summed E-state index contributed by atoms with van der Waals surface area (Å²) in [5.74, 6) is -2.46. The van der Waals surface area contributed by atoms with E-state index in [1.807, 2.05) is 0 Å². The summed E-state index contributed by atoms with van der Waals surface area (Å²) in [5, 5.41) is 12.4. The lowest BCUT2D eigenvalue weighted by atomic mass is 9.95. The van der Waals surface area contributed by atoms with Crippen LogP contribution in [-0.2, 0) is 9.59 Å². The monoisotopic (exact) mass is 379 g/mol. The van der Waals surface area contributed by atoms with Gasteiger partial charge < -0.3 is 10.4 Å². The van der Waals surface area contributed by atoms with E-state index in [9.17, 15) is 9.59 Å². The third-order valence-corrected chi connectivity index (χ3v) is 4.48. The molecule has 4 nitrogen and oxygen atoms in total. The Morgan fingerprint density at radius 3 is 2.30 bits per heavy atom. The zero-order valence-electron chi connectivity index (χ0n) is 10.3. The highest BCUT2D eigenvalue weighted by Crippen LogP contribution is 2.37. The summed E-state index contributed by atoms with van der Waals surface area (Å²) >= 11 is 15.3. The molecular weight excluding hydrogens is 369 g/mol. The van der Waals surface area contributed by atoms with E-state index in [4.69, 9.17) is 28.3 Å². The van der Waals surface area contributed by atoms with E-state index in [1.54, 1.807) is 12.1 Å². The topological polar surface area (TPSA) is 66.4 Å². The average Bonchev–Trinajstić information content (AvgIpc) is 2.82. The number of nitrogens with one attached hydrogen (secondary N) is 1. The molecule has 0 aromatic heterocycles. The van der Waals surface area contributed by atoms with E-state index in [-0.39, 0.29) is 5.91 Å². The molecule has 1 amide bonds. The van der Waals surface area contributed by atoms with Gasteiger partial charge in [-0.2, -0.15) is 0 Å². The van der Waals surface area contributed by atoms with E-state index in [2.05, 4.69) is 21.2 Å². The maximum absolute atomic E-state index is 12.2. The fourth-order valence-corrected chi connectivity index (χ4v) is 3.75. The first-order chi connectivity index (χ1) is 9.40. The first-order valence-corrected chi connectivity index (χ1v) is 7.63. The number of carbonyl (C=O) groups is 2. The van der Waals surface area contributed by atoms with Crippen LogP contribution < -0.4 is 5.32 Å². The van der Waals surface area contributed by atoms with Gasteiger partial charge in [-0.1, -0.05) is 45.6 Å². The lowest BCUT2D eigenvalue weighted by molar-refractivity contribution is -0.145. The molecule has 1 aliphatic rings. The van der Waals surface area contributed by atoms with Gasteiger partial charge in [0.25, 0.3) is 0 Å². The van der Waals surface area contributed by atoms with Crippen molar-refractivity contribution in [1.82, 2.24) is 0 Å². The normalized spacial score (nSPS) is 21.8. The number of carboxylic acids is 1. The third kappa shape index (κ3) is 3.27. The van der Waals surface area contributed by atoms with Crippen LogP contribution in [0.1, 0.15) is 19.3 Å². The maximum atomic E-state index is 12.2. The molecule has 0 aliphatic heterocycles. The molecule has 20 heavy (non-hydrogen) atoms. The van der Waals surface area contributed by atoms with Crippen LogP contribution in [0.3, 0.4) is 0 Å². The van der Waals surface area contributed by atoms with Crippen molar-refractivity contribution in [3.8, 4) is 0 Å². The number of hydrogen-bond acceptors (Lipinski definition) is 2. The van der Waals surface area contributed by atoms with Gasteiger partial charge in [-0.05, 0) is 25.0 Å². The first kappa shape index (κ1) is 15.6. The molecule has 0 spiro atoms. The minimum Gasteiger partial charge on any atom is -0.481 e. The van der Waals surface area contributed by atoms with Crippen molar-refractivity contribution in [3.05, 3.63) is 26.7 Å². The molecule has 7 heteroatoms. The van der Waals surface area contributed by atoms with E-state index in [0.29, 0.717) is 33.0 Å². The fraction of sp³-hybridized carbons (Fsp3) is 0.385. The molecule has 0 saturated heterocycles. The Kier molecular flexibility index (Phi) is 4.94. The van der Waals surface area contributed by atoms with Crippen molar-refractivity contribution in [3.63, 3.8) is 0 Å². The average molecular weight is 381 g/mol. The molecule has 0 unspecified atom stereocenters. The summed E-state index contributed by atoms with van der Waals surface area (Å²) < 4.78 is 0.703. The summed E-state index contributed by atoms with van der Waals surface area (Å²) in [6.45, 7) is 0. The van der Waals surface area contributed by atoms with Crippen LogP contribution in [0.15, 0.2) is 16.6 Å². The highest BCUT2D eigenvalue weighted by Gasteiger charge is 2.38. The smallest absolute Gasteiger partial charge is 0.307 e. The first-order valence-electron chi connectivity index (χ1n) is 6.08. The Hall–Kier alpha value is -0.780. The molecule has 1 aromatic rings. The number of aliphatic carboxylic acids is 1. The Morgan fingerprint density at radius 1 is 1.20 bits per heavy atom. The quantitative estimate of drug-likeness (QED) is 0.825. The van der Waals surface area contributed by atoms with Crippen LogP contribution in [0.2, 0.25) is 10.0 Å². The summed E-state index contributed by atoms with van der Waals surface area (Å²) in [6, 6.07) is 3.23. The van der Waals surface area contributed by atoms with Crippen LogP contribution in [0.25, 0.3) is 0 Å². The van der Waals surface area contributed by atoms with Gasteiger partial charge in [0.2, 0.25) is 5.91 Å². The van der Waals surface area contributed by atoms with Crippen molar-refractivity contribution < 1.29 is 14.7 Å². The number of halogens is 3. The van der Waals surface area contributed by atoms with Gasteiger partial charge in [0.15, 0.2) is 0 Å². The van der Waals surface area contributed by atoms with Crippen molar-refractivity contribution in [1.29, 1.82) is 0 Å². The highest BCUT2D eigenvalue weighted by molar-refractivity contribution is 9.10. The van der Waals surface area contributed by atoms with Gasteiger partial charge in [0, 0.05) is 4.47 Å². The van der Waals surface area contributed by atoms with E-state index < -0.39 is 17.8 Å². The van der Waals surface area contributed by atoms with Gasteiger partial charge in [-0.15, -0.1) is 0 Å². The molecule has 0 radical (unpaired) electrons. The van der Waals surface area contributed by atoms with Crippen molar-refractivity contribution in [2.75, 3.05) is 5.32 Å². The largest absolute Gasteiger partial charge is 0.481 e. The van der Waals surface area contributed by atoms with E-state index >= 15 is 0 Å². The highest BCUT2D eigenvalue weighted by atomic mass is 79.9. The van der Waals surface area contributed by atoms with Crippen LogP contribution in [0.5, 0.6) is 0 Å². The lowest BCUT2D eigenvalue weighted by Gasteiger charge is -2.17. The molecule has 1 aliphatic carbocycles. The zero-order valence-corrected chi connectivity index (χ0v) is 13.4. The fourth-order valence-electron chi connectivity index (χ4n) is 2.45. The molecule has 1 fully saturated rings. The van der Waals surface area contributed by atoms with Crippen LogP contribution in [-0.4, -0.2) is 17.0 Å². The summed E-state index contributed by atoms with van der Waals surface area (Å²) in [6.07, 6.45) is 1.82. The molecule has 2 N–H and O–H groups in total. The van der Waals surface area contributed by atoms with Gasteiger partial charge >= 0.3 is 5.97 Å². The SMILES string of the molecule is O=C(O)[C@H]1CCC[C@H]1C(=O)Nc1c(Cl)cc(Br)cc1Cl. The number of amides is 1. The number of carbonyl (C=O) groups excluding carboxylic acids is 1. The predicted molar refractivity (Wildman–Crippen MR) is 81.3 cm³/mol. The molecule has 0 bridgehead atoms. The number of anilines is 1. The lowest BCUT2D eigenvalue weighted by Crippen LogP contribution is -2.30. The van der Waals surface area contributed by atoms with Crippen molar-refractivity contribution in [2.45, 2.75) is 19.3 Å². The maximum Gasteiger partial charge on any atom is 0.307 e. The zero-order chi connectivity index (χ0) is 14.9. The van der Waals surface area contributed by atoms with Crippen molar-refractivity contribution >= 4 is 56.7 Å². The van der Waals surface area contributed by atoms with Gasteiger partial charge in [0.1, 0.15) is 0 Å². The van der Waals surface area contributed by atoms with E-state index in [1.165, 1.54) is 0 Å². The van der Waals surface area contributed by atoms with Crippen LogP contribution >= 0.6 is 39.1 Å². The summed E-state index contributed by atoms with van der Waals surface area (Å²) in [4.78, 5) is 23.3. The molecule has 1 aromatic carbocycles. The summed E-state index contributed by atoms with van der Waals surface area (Å²) in [7, 11) is 0. The molecule has 108 valence electrons. The van der Waals surface area contributed by atoms with Gasteiger partial charge in [-0.25, -0.2) is 0 Å². The van der Waals surface area contributed by atoms with Gasteiger partial charge in [0.05, 0.1) is 27.6 Å². The number of hydrogen-bond donors (Lipinski definition) is 2. The third-order valence-electron chi connectivity index (χ3n) is 3.43. The van der Waals surface area contributed by atoms with Crippen LogP contribution in [0.4, 0.5) is 5.69 Å². The molecule has 1 saturated carbocycles. The molecule has 2 atom stereocenters. The van der Waals surface area contributed by atoms with E-state index in [0.717, 1.165) is 6.42 Å². The number of rotatable bonds is 3. The minimum atomic E-state index is -0.935. The Bertz CT molecular complexity index is 542. The standard InChI is InChI=1S/C13H12BrCl2NO3/c14-6-4-9(15)11(10(16)5-6)17-12(18)7-2-1-3-8(7)13(19)20/h4-5,7-8H,1-3H2,(H,17,18)(H,19,20)/t7-,8+/m1/s1. The van der Waals surface area contributed by atoms with Crippen molar-refractivity contribution in [2.24, 2.45) is 11.8 Å². The second-order valence-corrected chi connectivity index (χ2v) is 6.45. The van der Waals surface area contributed by atoms with Gasteiger partial charge in [-0.3, -0.25) is 9.59 Å². The second-order valence-electron chi connectivity index (χ2n) is 4.72. The molecule has 2 rings (SSSR count). The molecule has 0 heterocycles. The Morgan fingerprint density at radius 2 is 1.75 bits per heavy atom. The molecular formula is C13H12BrCl2NO3. The minimum absolute atomic E-state index is 0.308. The second kappa shape index (κ2) is 6.33.